The van der Waals surface area contributed by atoms with Gasteiger partial charge in [0.2, 0.25) is 17.7 Å². The van der Waals surface area contributed by atoms with Crippen molar-refractivity contribution in [3.05, 3.63) is 0 Å². The highest BCUT2D eigenvalue weighted by Crippen LogP contribution is 2.06. The van der Waals surface area contributed by atoms with E-state index in [1.54, 1.807) is 13.8 Å². The van der Waals surface area contributed by atoms with Crippen molar-refractivity contribution in [2.45, 2.75) is 51.2 Å². The summed E-state index contributed by atoms with van der Waals surface area (Å²) >= 11 is 1.49. The molecule has 0 unspecified atom stereocenters. The molecule has 0 bridgehead atoms. The summed E-state index contributed by atoms with van der Waals surface area (Å²) in [6.45, 7) is 3.57. The predicted molar refractivity (Wildman–Crippen MR) is 95.7 cm³/mol. The number of carbonyl (C=O) groups is 4. The lowest BCUT2D eigenvalue weighted by Gasteiger charge is -2.23. The molecule has 0 rings (SSSR count). The fourth-order valence-electron chi connectivity index (χ4n) is 1.89. The molecule has 10 heteroatoms. The van der Waals surface area contributed by atoms with Crippen molar-refractivity contribution in [3.63, 3.8) is 0 Å². The van der Waals surface area contributed by atoms with Crippen LogP contribution in [0.1, 0.15) is 33.1 Å². The SMILES string of the molecule is CSCC[C@H](NC(=O)[C@@H](N)C(C)C)C(=O)N[C@@H](CCC(N)=O)C(=O)O. The summed E-state index contributed by atoms with van der Waals surface area (Å²) in [6.07, 6.45) is 1.89. The quantitative estimate of drug-likeness (QED) is 0.293. The van der Waals surface area contributed by atoms with E-state index in [0.717, 1.165) is 0 Å². The van der Waals surface area contributed by atoms with Crippen LogP contribution in [0.5, 0.6) is 0 Å². The maximum absolute atomic E-state index is 12.4. The molecule has 0 aromatic rings. The average Bonchev–Trinajstić information content (AvgIpc) is 2.53. The molecule has 7 N–H and O–H groups in total. The van der Waals surface area contributed by atoms with Crippen LogP contribution >= 0.6 is 11.8 Å². The molecular formula is C15H28N4O5S. The molecule has 0 heterocycles. The van der Waals surface area contributed by atoms with Gasteiger partial charge in [-0.3, -0.25) is 14.4 Å². The second-order valence-electron chi connectivity index (χ2n) is 6.02. The zero-order chi connectivity index (χ0) is 19.6. The number of thioether (sulfide) groups is 1. The number of carboxylic acids is 1. The number of hydrogen-bond acceptors (Lipinski definition) is 6. The molecule has 0 aromatic heterocycles. The lowest BCUT2D eigenvalue weighted by atomic mass is 10.0. The number of carboxylic acid groups (broad SMARTS) is 1. The van der Waals surface area contributed by atoms with Crippen molar-refractivity contribution in [3.8, 4) is 0 Å². The lowest BCUT2D eigenvalue weighted by Crippen LogP contribution is -2.55. The van der Waals surface area contributed by atoms with Gasteiger partial charge in [0.1, 0.15) is 12.1 Å². The van der Waals surface area contributed by atoms with Crippen LogP contribution in [0, 0.1) is 5.92 Å². The molecule has 0 saturated carbocycles. The number of amides is 3. The molecule has 9 nitrogen and oxygen atoms in total. The van der Waals surface area contributed by atoms with Gasteiger partial charge in [-0.1, -0.05) is 13.8 Å². The average molecular weight is 376 g/mol. The Morgan fingerprint density at radius 1 is 1.04 bits per heavy atom. The van der Waals surface area contributed by atoms with Gasteiger partial charge in [-0.25, -0.2) is 4.79 Å². The first-order valence-corrected chi connectivity index (χ1v) is 9.35. The molecule has 144 valence electrons. The van der Waals surface area contributed by atoms with E-state index >= 15 is 0 Å². The van der Waals surface area contributed by atoms with E-state index in [1.165, 1.54) is 11.8 Å². The van der Waals surface area contributed by atoms with Crippen molar-refractivity contribution in [1.82, 2.24) is 10.6 Å². The molecule has 0 saturated heterocycles. The van der Waals surface area contributed by atoms with Gasteiger partial charge in [-0.15, -0.1) is 0 Å². The molecule has 0 radical (unpaired) electrons. The summed E-state index contributed by atoms with van der Waals surface area (Å²) in [5.74, 6) is -2.55. The third-order valence-electron chi connectivity index (χ3n) is 3.56. The van der Waals surface area contributed by atoms with Crippen LogP contribution < -0.4 is 22.1 Å². The molecule has 0 spiro atoms. The Labute approximate surface area is 151 Å². The number of primary amides is 1. The zero-order valence-corrected chi connectivity index (χ0v) is 15.6. The highest BCUT2D eigenvalue weighted by Gasteiger charge is 2.28. The van der Waals surface area contributed by atoms with Gasteiger partial charge in [-0.2, -0.15) is 11.8 Å². The van der Waals surface area contributed by atoms with Gasteiger partial charge < -0.3 is 27.2 Å². The third-order valence-corrected chi connectivity index (χ3v) is 4.20. The Kier molecular flexibility index (Phi) is 10.8. The predicted octanol–water partition coefficient (Wildman–Crippen LogP) is -0.957. The van der Waals surface area contributed by atoms with Gasteiger partial charge in [-0.05, 0) is 30.8 Å². The Balaban J connectivity index is 4.98. The summed E-state index contributed by atoms with van der Waals surface area (Å²) in [5.41, 5.74) is 10.8. The van der Waals surface area contributed by atoms with E-state index < -0.39 is 41.8 Å². The van der Waals surface area contributed by atoms with Gasteiger partial charge in [0.25, 0.3) is 0 Å². The zero-order valence-electron chi connectivity index (χ0n) is 14.8. The van der Waals surface area contributed by atoms with Crippen molar-refractivity contribution < 1.29 is 24.3 Å². The molecule has 0 aliphatic heterocycles. The number of nitrogens with one attached hydrogen (secondary N) is 2. The first-order chi connectivity index (χ1) is 11.6. The summed E-state index contributed by atoms with van der Waals surface area (Å²) in [6, 6.07) is -2.93. The van der Waals surface area contributed by atoms with E-state index in [0.29, 0.717) is 12.2 Å². The van der Waals surface area contributed by atoms with Gasteiger partial charge >= 0.3 is 5.97 Å². The number of rotatable bonds is 12. The highest BCUT2D eigenvalue weighted by molar-refractivity contribution is 7.98. The topological polar surface area (TPSA) is 165 Å². The summed E-state index contributed by atoms with van der Waals surface area (Å²) in [4.78, 5) is 46.5. The fourth-order valence-corrected chi connectivity index (χ4v) is 2.36. The van der Waals surface area contributed by atoms with Crippen LogP contribution in [0.4, 0.5) is 0 Å². The summed E-state index contributed by atoms with van der Waals surface area (Å²) < 4.78 is 0. The smallest absolute Gasteiger partial charge is 0.326 e. The van der Waals surface area contributed by atoms with Crippen LogP contribution in [0.3, 0.4) is 0 Å². The van der Waals surface area contributed by atoms with E-state index in [9.17, 15) is 19.2 Å². The van der Waals surface area contributed by atoms with Crippen molar-refractivity contribution in [1.29, 1.82) is 0 Å². The molecule has 3 atom stereocenters. The highest BCUT2D eigenvalue weighted by atomic mass is 32.2. The lowest BCUT2D eigenvalue weighted by molar-refractivity contribution is -0.142. The first-order valence-electron chi connectivity index (χ1n) is 7.96. The van der Waals surface area contributed by atoms with Gasteiger partial charge in [0.05, 0.1) is 6.04 Å². The van der Waals surface area contributed by atoms with E-state index in [4.69, 9.17) is 16.6 Å². The van der Waals surface area contributed by atoms with Gasteiger partial charge in [0, 0.05) is 6.42 Å². The van der Waals surface area contributed by atoms with E-state index in [1.807, 2.05) is 6.26 Å². The first kappa shape index (κ1) is 23.2. The number of carbonyl (C=O) groups excluding carboxylic acids is 3. The molecule has 0 aliphatic rings. The maximum atomic E-state index is 12.4. The molecule has 0 aromatic carbocycles. The minimum absolute atomic E-state index is 0.105. The summed E-state index contributed by atoms with van der Waals surface area (Å²) in [7, 11) is 0. The van der Waals surface area contributed by atoms with Crippen LogP contribution in [0.15, 0.2) is 0 Å². The Morgan fingerprint density at radius 2 is 1.60 bits per heavy atom. The molecular weight excluding hydrogens is 348 g/mol. The fraction of sp³-hybridized carbons (Fsp3) is 0.733. The van der Waals surface area contributed by atoms with Crippen LogP contribution in [-0.2, 0) is 19.2 Å². The van der Waals surface area contributed by atoms with Crippen molar-refractivity contribution >= 4 is 35.5 Å². The molecule has 0 aliphatic carbocycles. The van der Waals surface area contributed by atoms with Gasteiger partial charge in [0.15, 0.2) is 0 Å². The monoisotopic (exact) mass is 376 g/mol. The molecule has 3 amide bonds. The maximum Gasteiger partial charge on any atom is 0.326 e. The van der Waals surface area contributed by atoms with Crippen molar-refractivity contribution in [2.75, 3.05) is 12.0 Å². The van der Waals surface area contributed by atoms with Crippen LogP contribution in [0.2, 0.25) is 0 Å². The largest absolute Gasteiger partial charge is 0.480 e. The summed E-state index contributed by atoms with van der Waals surface area (Å²) in [5, 5.41) is 14.1. The Bertz CT molecular complexity index is 487. The standard InChI is InChI=1S/C15H28N4O5S/c1-8(2)12(17)14(22)18-9(6-7-25-3)13(21)19-10(15(23)24)4-5-11(16)20/h8-10,12H,4-7,17H2,1-3H3,(H2,16,20)(H,18,22)(H,19,21)(H,23,24)/t9-,10-,12-/m0/s1. The van der Waals surface area contributed by atoms with E-state index in [-0.39, 0.29) is 18.8 Å². The van der Waals surface area contributed by atoms with Crippen molar-refractivity contribution in [2.24, 2.45) is 17.4 Å². The number of nitrogens with two attached hydrogens (primary N) is 2. The minimum atomic E-state index is -1.27. The number of hydrogen-bond donors (Lipinski definition) is 5. The van der Waals surface area contributed by atoms with Crippen LogP contribution in [0.25, 0.3) is 0 Å². The Hall–Kier alpha value is -1.81. The minimum Gasteiger partial charge on any atom is -0.480 e. The van der Waals surface area contributed by atoms with Crippen LogP contribution in [-0.4, -0.2) is 58.9 Å². The number of aliphatic carboxylic acids is 1. The molecule has 25 heavy (non-hydrogen) atoms. The molecule has 0 fully saturated rings. The second-order valence-corrected chi connectivity index (χ2v) is 7.00. The third kappa shape index (κ3) is 9.30. The van der Waals surface area contributed by atoms with E-state index in [2.05, 4.69) is 10.6 Å². The Morgan fingerprint density at radius 3 is 2.04 bits per heavy atom. The second kappa shape index (κ2) is 11.7. The normalized spacial score (nSPS) is 14.4.